The second-order valence-electron chi connectivity index (χ2n) is 5.59. The first-order valence-corrected chi connectivity index (χ1v) is 9.93. The van der Waals surface area contributed by atoms with Crippen molar-refractivity contribution < 1.29 is 16.8 Å². The van der Waals surface area contributed by atoms with Crippen LogP contribution in [-0.2, 0) is 27.1 Å². The molecular weight excluding hydrogens is 352 g/mol. The van der Waals surface area contributed by atoms with Gasteiger partial charge in [-0.2, -0.15) is 5.10 Å². The van der Waals surface area contributed by atoms with Crippen molar-refractivity contribution in [2.45, 2.75) is 23.6 Å². The van der Waals surface area contributed by atoms with Crippen LogP contribution in [0.5, 0.6) is 0 Å². The largest absolute Gasteiger partial charge is 0.279 e. The third kappa shape index (κ3) is 3.30. The van der Waals surface area contributed by atoms with Crippen molar-refractivity contribution in [2.75, 3.05) is 18.8 Å². The molecule has 1 aromatic heterocycles. The zero-order valence-electron chi connectivity index (χ0n) is 14.1. The van der Waals surface area contributed by atoms with Crippen LogP contribution in [0.15, 0.2) is 34.2 Å². The molecule has 24 heavy (non-hydrogen) atoms. The quantitative estimate of drug-likeness (QED) is 0.846. The van der Waals surface area contributed by atoms with Gasteiger partial charge in [-0.3, -0.25) is 9.40 Å². The number of sulfonamides is 2. The number of aromatic nitrogens is 2. The first-order valence-electron chi connectivity index (χ1n) is 7.01. The van der Waals surface area contributed by atoms with Crippen LogP contribution in [0, 0.1) is 13.8 Å². The lowest BCUT2D eigenvalue weighted by Gasteiger charge is -2.15. The maximum atomic E-state index is 12.6. The standard InChI is InChI=1S/C14H20N4O4S2/c1-10-6-7-12(24(21,22)17(3)4)8-13(10)16-23(19,20)14-9-15-18(5)11(14)2/h6-9,16H,1-5H3. The van der Waals surface area contributed by atoms with Gasteiger partial charge in [0.15, 0.2) is 0 Å². The lowest BCUT2D eigenvalue weighted by Crippen LogP contribution is -2.22. The van der Waals surface area contributed by atoms with Crippen LogP contribution < -0.4 is 4.72 Å². The lowest BCUT2D eigenvalue weighted by molar-refractivity contribution is 0.520. The Morgan fingerprint density at radius 3 is 2.25 bits per heavy atom. The zero-order valence-corrected chi connectivity index (χ0v) is 15.7. The maximum Gasteiger partial charge on any atom is 0.265 e. The summed E-state index contributed by atoms with van der Waals surface area (Å²) in [4.78, 5) is 0.0592. The van der Waals surface area contributed by atoms with Gasteiger partial charge in [0.2, 0.25) is 10.0 Å². The smallest absolute Gasteiger partial charge is 0.265 e. The Morgan fingerprint density at radius 2 is 1.75 bits per heavy atom. The molecule has 0 unspecified atom stereocenters. The summed E-state index contributed by atoms with van der Waals surface area (Å²) in [7, 11) is -3.06. The van der Waals surface area contributed by atoms with Crippen LogP contribution in [0.3, 0.4) is 0 Å². The minimum Gasteiger partial charge on any atom is -0.279 e. The van der Waals surface area contributed by atoms with E-state index in [1.807, 2.05) is 0 Å². The fourth-order valence-corrected chi connectivity index (χ4v) is 4.28. The molecule has 1 heterocycles. The third-order valence-electron chi connectivity index (χ3n) is 3.71. The van der Waals surface area contributed by atoms with E-state index in [-0.39, 0.29) is 15.5 Å². The molecule has 0 amide bonds. The SMILES string of the molecule is Cc1ccc(S(=O)(=O)N(C)C)cc1NS(=O)(=O)c1cnn(C)c1C. The van der Waals surface area contributed by atoms with E-state index in [0.717, 1.165) is 4.31 Å². The molecule has 0 bridgehead atoms. The van der Waals surface area contributed by atoms with Gasteiger partial charge in [0.1, 0.15) is 4.90 Å². The van der Waals surface area contributed by atoms with Gasteiger partial charge in [-0.05, 0) is 31.5 Å². The van der Waals surface area contributed by atoms with Crippen LogP contribution >= 0.6 is 0 Å². The maximum absolute atomic E-state index is 12.6. The van der Waals surface area contributed by atoms with Gasteiger partial charge in [0.05, 0.1) is 22.5 Å². The minimum absolute atomic E-state index is 0.0127. The Bertz CT molecular complexity index is 976. The van der Waals surface area contributed by atoms with Gasteiger partial charge in [-0.15, -0.1) is 0 Å². The van der Waals surface area contributed by atoms with Crippen molar-refractivity contribution in [1.82, 2.24) is 14.1 Å². The van der Waals surface area contributed by atoms with Crippen molar-refractivity contribution in [3.63, 3.8) is 0 Å². The van der Waals surface area contributed by atoms with Crippen LogP contribution in [-0.4, -0.2) is 45.0 Å². The van der Waals surface area contributed by atoms with E-state index in [9.17, 15) is 16.8 Å². The van der Waals surface area contributed by atoms with Crippen molar-refractivity contribution in [3.8, 4) is 0 Å². The van der Waals surface area contributed by atoms with Crippen molar-refractivity contribution >= 4 is 25.7 Å². The highest BCUT2D eigenvalue weighted by Gasteiger charge is 2.23. The molecular formula is C14H20N4O4S2. The summed E-state index contributed by atoms with van der Waals surface area (Å²) in [5.74, 6) is 0. The van der Waals surface area contributed by atoms with Gasteiger partial charge in [0, 0.05) is 21.1 Å². The third-order valence-corrected chi connectivity index (χ3v) is 6.99. The van der Waals surface area contributed by atoms with Gasteiger partial charge in [0.25, 0.3) is 10.0 Å². The summed E-state index contributed by atoms with van der Waals surface area (Å²) in [6.45, 7) is 3.33. The van der Waals surface area contributed by atoms with Gasteiger partial charge >= 0.3 is 0 Å². The van der Waals surface area contributed by atoms with E-state index in [1.54, 1.807) is 27.0 Å². The van der Waals surface area contributed by atoms with Crippen LogP contribution in [0.25, 0.3) is 0 Å². The molecule has 1 aromatic carbocycles. The van der Waals surface area contributed by atoms with E-state index in [2.05, 4.69) is 9.82 Å². The molecule has 0 aliphatic rings. The molecule has 2 aromatic rings. The molecule has 0 spiro atoms. The number of benzene rings is 1. The molecule has 0 fully saturated rings. The zero-order chi connectivity index (χ0) is 18.3. The minimum atomic E-state index is -3.87. The summed E-state index contributed by atoms with van der Waals surface area (Å²) in [6.07, 6.45) is 1.26. The average molecular weight is 372 g/mol. The van der Waals surface area contributed by atoms with E-state index in [0.29, 0.717) is 11.3 Å². The predicted molar refractivity (Wildman–Crippen MR) is 90.8 cm³/mol. The van der Waals surface area contributed by atoms with Crippen LogP contribution in [0.1, 0.15) is 11.3 Å². The summed E-state index contributed by atoms with van der Waals surface area (Å²) < 4.78 is 54.5. The highest BCUT2D eigenvalue weighted by Crippen LogP contribution is 2.25. The summed E-state index contributed by atoms with van der Waals surface area (Å²) in [5, 5.41) is 3.92. The number of rotatable bonds is 5. The van der Waals surface area contributed by atoms with Crippen LogP contribution in [0.2, 0.25) is 0 Å². The van der Waals surface area contributed by atoms with Crippen molar-refractivity contribution in [3.05, 3.63) is 35.7 Å². The molecule has 0 atom stereocenters. The second kappa shape index (κ2) is 6.19. The molecule has 10 heteroatoms. The lowest BCUT2D eigenvalue weighted by atomic mass is 10.2. The Hall–Kier alpha value is -1.91. The highest BCUT2D eigenvalue weighted by atomic mass is 32.2. The van der Waals surface area contributed by atoms with Gasteiger partial charge < -0.3 is 0 Å². The topological polar surface area (TPSA) is 101 Å². The fourth-order valence-electron chi connectivity index (χ4n) is 2.02. The molecule has 0 radical (unpaired) electrons. The molecule has 2 rings (SSSR count). The Balaban J connectivity index is 2.49. The Labute approximate surface area is 142 Å². The highest BCUT2D eigenvalue weighted by molar-refractivity contribution is 7.92. The normalized spacial score (nSPS) is 12.6. The summed E-state index contributed by atoms with van der Waals surface area (Å²) in [6, 6.07) is 4.32. The summed E-state index contributed by atoms with van der Waals surface area (Å²) in [5.41, 5.74) is 1.30. The fraction of sp³-hybridized carbons (Fsp3) is 0.357. The number of nitrogens with one attached hydrogen (secondary N) is 1. The summed E-state index contributed by atoms with van der Waals surface area (Å²) >= 11 is 0. The monoisotopic (exact) mass is 372 g/mol. The first-order chi connectivity index (χ1) is 11.0. The number of aryl methyl sites for hydroxylation is 2. The average Bonchev–Trinajstić information content (AvgIpc) is 2.81. The molecule has 0 saturated carbocycles. The van der Waals surface area contributed by atoms with E-state index < -0.39 is 20.0 Å². The van der Waals surface area contributed by atoms with E-state index >= 15 is 0 Å². The predicted octanol–water partition coefficient (Wildman–Crippen LogP) is 1.09. The Kier molecular flexibility index (Phi) is 4.75. The van der Waals surface area contributed by atoms with Crippen LogP contribution in [0.4, 0.5) is 5.69 Å². The van der Waals surface area contributed by atoms with Crippen molar-refractivity contribution in [2.24, 2.45) is 7.05 Å². The molecule has 8 nitrogen and oxygen atoms in total. The number of nitrogens with zero attached hydrogens (tertiary/aromatic N) is 3. The van der Waals surface area contributed by atoms with E-state index in [4.69, 9.17) is 0 Å². The van der Waals surface area contributed by atoms with E-state index in [1.165, 1.54) is 37.1 Å². The number of anilines is 1. The first kappa shape index (κ1) is 18.4. The Morgan fingerprint density at radius 1 is 1.12 bits per heavy atom. The molecule has 0 saturated heterocycles. The molecule has 0 aliphatic heterocycles. The van der Waals surface area contributed by atoms with Gasteiger partial charge in [-0.25, -0.2) is 21.1 Å². The molecule has 1 N–H and O–H groups in total. The van der Waals surface area contributed by atoms with Gasteiger partial charge in [-0.1, -0.05) is 6.07 Å². The molecule has 0 aliphatic carbocycles. The number of hydrogen-bond acceptors (Lipinski definition) is 5. The second-order valence-corrected chi connectivity index (χ2v) is 9.39. The molecule has 132 valence electrons. The van der Waals surface area contributed by atoms with Crippen molar-refractivity contribution in [1.29, 1.82) is 0 Å². The number of hydrogen-bond donors (Lipinski definition) is 1.